The number of hydrogen-bond donors (Lipinski definition) is 2. The maximum absolute atomic E-state index is 12.3. The third kappa shape index (κ3) is 4.08. The minimum absolute atomic E-state index is 0.209. The van der Waals surface area contributed by atoms with Crippen molar-refractivity contribution in [3.63, 3.8) is 0 Å². The van der Waals surface area contributed by atoms with E-state index in [-0.39, 0.29) is 5.91 Å². The molecule has 0 saturated carbocycles. The van der Waals surface area contributed by atoms with E-state index in [2.05, 4.69) is 29.4 Å². The number of nitrogens with zero attached hydrogens (tertiary/aromatic N) is 1. The number of piperazine rings is 1. The number of anilines is 2. The van der Waals surface area contributed by atoms with Crippen LogP contribution in [0.15, 0.2) is 54.6 Å². The van der Waals surface area contributed by atoms with Crippen LogP contribution in [-0.4, -0.2) is 39.1 Å². The van der Waals surface area contributed by atoms with E-state index in [0.29, 0.717) is 0 Å². The normalized spacial score (nSPS) is 16.7. The zero-order valence-electron chi connectivity index (χ0n) is 13.8. The molecular formula is C19H23ClN3O+. The third-order valence-corrected chi connectivity index (χ3v) is 4.89. The number of carbonyl (C=O) groups excluding carboxylic acids is 1. The van der Waals surface area contributed by atoms with Crippen LogP contribution in [0.25, 0.3) is 0 Å². The number of halogens is 1. The van der Waals surface area contributed by atoms with Crippen molar-refractivity contribution in [2.75, 3.05) is 43.4 Å². The molecule has 1 saturated heterocycles. The van der Waals surface area contributed by atoms with Crippen LogP contribution < -0.4 is 15.1 Å². The first-order valence-electron chi connectivity index (χ1n) is 8.29. The second-order valence-corrected chi connectivity index (χ2v) is 6.69. The van der Waals surface area contributed by atoms with Gasteiger partial charge in [0.25, 0.3) is 0 Å². The molecule has 1 aliphatic heterocycles. The maximum atomic E-state index is 12.3. The number of carbonyl (C=O) groups is 1. The summed E-state index contributed by atoms with van der Waals surface area (Å²) in [6, 6.07) is 17.4. The van der Waals surface area contributed by atoms with Crippen molar-refractivity contribution in [3.8, 4) is 0 Å². The zero-order chi connectivity index (χ0) is 16.9. The van der Waals surface area contributed by atoms with Crippen molar-refractivity contribution in [1.29, 1.82) is 0 Å². The number of alkyl halides is 1. The summed E-state index contributed by atoms with van der Waals surface area (Å²) in [5.41, 5.74) is 2.77. The molecular weight excluding hydrogens is 322 g/mol. The fraction of sp³-hybridized carbons (Fsp3) is 0.316. The first kappa shape index (κ1) is 16.8. The molecule has 3 rings (SSSR count). The van der Waals surface area contributed by atoms with Crippen LogP contribution in [0.5, 0.6) is 0 Å². The standard InChI is InChI=1S/C19H22ClN3O/c1-22-11-13-23(14-12-22)17-9-7-16(8-10-17)21-19(24)18(20)15-5-3-2-4-6-15/h2-10,18H,11-14H2,1H3,(H,21,24)/p+1/t18-/m1/s1. The van der Waals surface area contributed by atoms with Gasteiger partial charge in [0, 0.05) is 11.4 Å². The monoisotopic (exact) mass is 344 g/mol. The largest absolute Gasteiger partial charge is 0.360 e. The first-order valence-corrected chi connectivity index (χ1v) is 8.73. The Labute approximate surface area is 148 Å². The molecule has 2 N–H and O–H groups in total. The number of hydrogen-bond acceptors (Lipinski definition) is 2. The Morgan fingerprint density at radius 1 is 1.08 bits per heavy atom. The van der Waals surface area contributed by atoms with Gasteiger partial charge in [-0.2, -0.15) is 0 Å². The summed E-state index contributed by atoms with van der Waals surface area (Å²) >= 11 is 6.25. The molecule has 0 spiro atoms. The predicted molar refractivity (Wildman–Crippen MR) is 98.9 cm³/mol. The molecule has 0 unspecified atom stereocenters. The van der Waals surface area contributed by atoms with Crippen LogP contribution in [0.2, 0.25) is 0 Å². The van der Waals surface area contributed by atoms with Crippen molar-refractivity contribution in [2.24, 2.45) is 0 Å². The Morgan fingerprint density at radius 2 is 1.71 bits per heavy atom. The van der Waals surface area contributed by atoms with Crippen molar-refractivity contribution < 1.29 is 9.69 Å². The summed E-state index contributed by atoms with van der Waals surface area (Å²) in [5, 5.41) is 2.20. The van der Waals surface area contributed by atoms with E-state index in [0.717, 1.165) is 37.4 Å². The summed E-state index contributed by atoms with van der Waals surface area (Å²) in [5.74, 6) is -0.209. The summed E-state index contributed by atoms with van der Waals surface area (Å²) in [4.78, 5) is 16.2. The molecule has 2 aromatic carbocycles. The smallest absolute Gasteiger partial charge is 0.246 e. The van der Waals surface area contributed by atoms with E-state index in [1.54, 1.807) is 4.90 Å². The van der Waals surface area contributed by atoms with Gasteiger partial charge in [-0.25, -0.2) is 0 Å². The lowest BCUT2D eigenvalue weighted by molar-refractivity contribution is -0.880. The van der Waals surface area contributed by atoms with Crippen molar-refractivity contribution in [2.45, 2.75) is 5.38 Å². The van der Waals surface area contributed by atoms with Gasteiger partial charge in [0.2, 0.25) is 5.91 Å². The maximum Gasteiger partial charge on any atom is 0.246 e. The molecule has 4 nitrogen and oxygen atoms in total. The molecule has 0 radical (unpaired) electrons. The van der Waals surface area contributed by atoms with Crippen LogP contribution in [0.3, 0.4) is 0 Å². The Balaban J connectivity index is 1.61. The Hall–Kier alpha value is -2.04. The summed E-state index contributed by atoms with van der Waals surface area (Å²) < 4.78 is 0. The molecule has 24 heavy (non-hydrogen) atoms. The molecule has 126 valence electrons. The first-order chi connectivity index (χ1) is 11.6. The van der Waals surface area contributed by atoms with Crippen LogP contribution in [0.1, 0.15) is 10.9 Å². The number of likely N-dealkylation sites (N-methyl/N-ethyl adjacent to an activating group) is 1. The molecule has 5 heteroatoms. The van der Waals surface area contributed by atoms with Crippen LogP contribution in [0.4, 0.5) is 11.4 Å². The van der Waals surface area contributed by atoms with Crippen molar-refractivity contribution >= 4 is 28.9 Å². The number of nitrogens with one attached hydrogen (secondary N) is 2. The second-order valence-electron chi connectivity index (χ2n) is 6.25. The Morgan fingerprint density at radius 3 is 2.33 bits per heavy atom. The van der Waals surface area contributed by atoms with Gasteiger partial charge >= 0.3 is 0 Å². The second kappa shape index (κ2) is 7.69. The van der Waals surface area contributed by atoms with Gasteiger partial charge in [0.05, 0.1) is 33.2 Å². The highest BCUT2D eigenvalue weighted by molar-refractivity contribution is 6.32. The molecule has 1 atom stereocenters. The lowest BCUT2D eigenvalue weighted by atomic mass is 10.1. The molecule has 0 aromatic heterocycles. The average molecular weight is 345 g/mol. The molecule has 0 bridgehead atoms. The Kier molecular flexibility index (Phi) is 5.38. The van der Waals surface area contributed by atoms with E-state index in [4.69, 9.17) is 11.6 Å². The summed E-state index contributed by atoms with van der Waals surface area (Å²) in [6.45, 7) is 4.44. The zero-order valence-corrected chi connectivity index (χ0v) is 14.6. The van der Waals surface area contributed by atoms with E-state index in [1.165, 1.54) is 5.69 Å². The van der Waals surface area contributed by atoms with Crippen LogP contribution >= 0.6 is 11.6 Å². The number of benzene rings is 2. The average Bonchev–Trinajstić information content (AvgIpc) is 2.63. The fourth-order valence-electron chi connectivity index (χ4n) is 2.88. The number of amides is 1. The van der Waals surface area contributed by atoms with Gasteiger partial charge in [-0.15, -0.1) is 11.6 Å². The van der Waals surface area contributed by atoms with Crippen LogP contribution in [-0.2, 0) is 4.79 Å². The predicted octanol–water partition coefficient (Wildman–Crippen LogP) is 1.94. The lowest BCUT2D eigenvalue weighted by Crippen LogP contribution is -3.12. The molecule has 1 heterocycles. The van der Waals surface area contributed by atoms with Gasteiger partial charge in [-0.3, -0.25) is 4.79 Å². The molecule has 2 aromatic rings. The van der Waals surface area contributed by atoms with Crippen molar-refractivity contribution in [1.82, 2.24) is 0 Å². The van der Waals surface area contributed by atoms with E-state index in [1.807, 2.05) is 42.5 Å². The molecule has 1 fully saturated rings. The van der Waals surface area contributed by atoms with Gasteiger partial charge in [0.15, 0.2) is 0 Å². The van der Waals surface area contributed by atoms with E-state index in [9.17, 15) is 4.79 Å². The minimum atomic E-state index is -0.688. The SMILES string of the molecule is C[NH+]1CCN(c2ccc(NC(=O)[C@H](Cl)c3ccccc3)cc2)CC1. The molecule has 1 aliphatic rings. The summed E-state index contributed by atoms with van der Waals surface area (Å²) in [6.07, 6.45) is 0. The van der Waals surface area contributed by atoms with Gasteiger partial charge in [0.1, 0.15) is 5.38 Å². The highest BCUT2D eigenvalue weighted by atomic mass is 35.5. The van der Waals surface area contributed by atoms with Crippen LogP contribution in [0, 0.1) is 0 Å². The van der Waals surface area contributed by atoms with E-state index < -0.39 is 5.38 Å². The summed E-state index contributed by atoms with van der Waals surface area (Å²) in [7, 11) is 2.23. The highest BCUT2D eigenvalue weighted by Gasteiger charge is 2.19. The molecule has 1 amide bonds. The number of quaternary nitrogens is 1. The van der Waals surface area contributed by atoms with Gasteiger partial charge in [-0.1, -0.05) is 30.3 Å². The topological polar surface area (TPSA) is 36.8 Å². The highest BCUT2D eigenvalue weighted by Crippen LogP contribution is 2.23. The minimum Gasteiger partial charge on any atom is -0.360 e. The van der Waals surface area contributed by atoms with Gasteiger partial charge < -0.3 is 15.1 Å². The number of rotatable bonds is 4. The third-order valence-electron chi connectivity index (χ3n) is 4.44. The quantitative estimate of drug-likeness (QED) is 0.832. The van der Waals surface area contributed by atoms with Crippen molar-refractivity contribution in [3.05, 3.63) is 60.2 Å². The van der Waals surface area contributed by atoms with Gasteiger partial charge in [-0.05, 0) is 29.8 Å². The van der Waals surface area contributed by atoms with E-state index >= 15 is 0 Å². The fourth-order valence-corrected chi connectivity index (χ4v) is 3.08. The molecule has 0 aliphatic carbocycles. The Bertz CT molecular complexity index is 667. The lowest BCUT2D eigenvalue weighted by Gasteiger charge is -2.31.